The van der Waals surface area contributed by atoms with Crippen LogP contribution in [0.5, 0.6) is 0 Å². The van der Waals surface area contributed by atoms with Crippen LogP contribution in [0.2, 0.25) is 0 Å². The van der Waals surface area contributed by atoms with E-state index >= 15 is 0 Å². The van der Waals surface area contributed by atoms with Gasteiger partial charge in [-0.1, -0.05) is 30.4 Å². The lowest BCUT2D eigenvalue weighted by Crippen LogP contribution is -2.48. The van der Waals surface area contributed by atoms with Crippen LogP contribution in [0.1, 0.15) is 12.8 Å². The van der Waals surface area contributed by atoms with E-state index in [1.165, 1.54) is 0 Å². The van der Waals surface area contributed by atoms with Gasteiger partial charge in [-0.25, -0.2) is 5.01 Å². The Hall–Kier alpha value is -0.970. The molecule has 2 rings (SSSR count). The molecular formula is C12H17N3S. The Bertz CT molecular complexity index is 333. The molecule has 2 N–H and O–H groups in total. The third kappa shape index (κ3) is 2.58. The number of anilines is 1. The van der Waals surface area contributed by atoms with E-state index < -0.39 is 0 Å². The molecule has 0 spiro atoms. The van der Waals surface area contributed by atoms with Crippen LogP contribution < -0.4 is 10.7 Å². The molecule has 1 saturated heterocycles. The third-order valence-electron chi connectivity index (χ3n) is 2.94. The first-order chi connectivity index (χ1) is 7.81. The van der Waals surface area contributed by atoms with Crippen LogP contribution in [0.15, 0.2) is 30.3 Å². The van der Waals surface area contributed by atoms with E-state index in [4.69, 9.17) is 18.0 Å². The summed E-state index contributed by atoms with van der Waals surface area (Å²) < 4.78 is 0. The van der Waals surface area contributed by atoms with Crippen molar-refractivity contribution in [3.05, 3.63) is 30.3 Å². The number of rotatable bonds is 3. The summed E-state index contributed by atoms with van der Waals surface area (Å²) in [5, 5.41) is 4.30. The van der Waals surface area contributed by atoms with Gasteiger partial charge < -0.3 is 5.73 Å². The first-order valence-electron chi connectivity index (χ1n) is 5.61. The van der Waals surface area contributed by atoms with Crippen molar-refractivity contribution in [1.82, 2.24) is 5.01 Å². The fourth-order valence-electron chi connectivity index (χ4n) is 1.97. The molecule has 86 valence electrons. The second-order valence-corrected chi connectivity index (χ2v) is 4.29. The molecule has 4 heteroatoms. The van der Waals surface area contributed by atoms with E-state index in [2.05, 4.69) is 17.1 Å². The summed E-state index contributed by atoms with van der Waals surface area (Å²) in [4.78, 5) is 0. The number of piperidine rings is 1. The molecule has 1 heterocycles. The van der Waals surface area contributed by atoms with Gasteiger partial charge in [-0.15, -0.1) is 0 Å². The van der Waals surface area contributed by atoms with Crippen LogP contribution >= 0.6 is 12.2 Å². The quantitative estimate of drug-likeness (QED) is 0.810. The van der Waals surface area contributed by atoms with Crippen molar-refractivity contribution in [1.29, 1.82) is 0 Å². The smallest absolute Gasteiger partial charge is 0.0848 e. The molecule has 1 fully saturated rings. The Morgan fingerprint density at radius 2 is 1.88 bits per heavy atom. The van der Waals surface area contributed by atoms with Crippen LogP contribution in [-0.4, -0.2) is 29.6 Å². The molecule has 0 atom stereocenters. The number of hydrogen-bond acceptors (Lipinski definition) is 3. The molecule has 0 saturated carbocycles. The van der Waals surface area contributed by atoms with Crippen LogP contribution in [0, 0.1) is 0 Å². The van der Waals surface area contributed by atoms with Crippen molar-refractivity contribution < 1.29 is 0 Å². The van der Waals surface area contributed by atoms with Crippen molar-refractivity contribution in [3.8, 4) is 0 Å². The van der Waals surface area contributed by atoms with E-state index in [1.54, 1.807) is 5.49 Å². The fraction of sp³-hybridized carbons (Fsp3) is 0.417. The van der Waals surface area contributed by atoms with Crippen molar-refractivity contribution in [2.75, 3.05) is 18.1 Å². The highest BCUT2D eigenvalue weighted by molar-refractivity contribution is 7.79. The largest absolute Gasteiger partial charge is 0.328 e. The molecule has 0 bridgehead atoms. The zero-order chi connectivity index (χ0) is 11.4. The zero-order valence-electron chi connectivity index (χ0n) is 9.25. The molecular weight excluding hydrogens is 218 g/mol. The molecule has 16 heavy (non-hydrogen) atoms. The third-order valence-corrected chi connectivity index (χ3v) is 3.14. The lowest BCUT2D eigenvalue weighted by atomic mass is 10.1. The highest BCUT2D eigenvalue weighted by Crippen LogP contribution is 2.18. The number of thiocarbonyl (C=S) groups is 1. The van der Waals surface area contributed by atoms with Gasteiger partial charge in [0.05, 0.1) is 11.2 Å². The van der Waals surface area contributed by atoms with Crippen molar-refractivity contribution in [3.63, 3.8) is 0 Å². The highest BCUT2D eigenvalue weighted by atomic mass is 32.1. The summed E-state index contributed by atoms with van der Waals surface area (Å²) in [6.45, 7) is 1.95. The van der Waals surface area contributed by atoms with Gasteiger partial charge in [0, 0.05) is 19.1 Å². The van der Waals surface area contributed by atoms with Gasteiger partial charge in [-0.2, -0.15) is 0 Å². The highest BCUT2D eigenvalue weighted by Gasteiger charge is 2.20. The molecule has 1 aliphatic rings. The van der Waals surface area contributed by atoms with Gasteiger partial charge >= 0.3 is 0 Å². The van der Waals surface area contributed by atoms with Gasteiger partial charge in [0.15, 0.2) is 0 Å². The monoisotopic (exact) mass is 235 g/mol. The lowest BCUT2D eigenvalue weighted by Gasteiger charge is -2.37. The maximum Gasteiger partial charge on any atom is 0.0848 e. The van der Waals surface area contributed by atoms with Gasteiger partial charge in [-0.05, 0) is 25.0 Å². The first kappa shape index (κ1) is 11.5. The summed E-state index contributed by atoms with van der Waals surface area (Å²) in [6, 6.07) is 10.5. The predicted octanol–water partition coefficient (Wildman–Crippen LogP) is 1.79. The number of nitrogens with zero attached hydrogens (tertiary/aromatic N) is 2. The minimum absolute atomic E-state index is 0.346. The van der Waals surface area contributed by atoms with Crippen molar-refractivity contribution in [2.45, 2.75) is 18.9 Å². The molecule has 1 aromatic rings. The summed E-state index contributed by atoms with van der Waals surface area (Å²) in [5.41, 5.74) is 8.71. The molecule has 1 aliphatic heterocycles. The second-order valence-electron chi connectivity index (χ2n) is 4.08. The van der Waals surface area contributed by atoms with Gasteiger partial charge in [0.1, 0.15) is 0 Å². The van der Waals surface area contributed by atoms with E-state index in [1.807, 2.05) is 23.2 Å². The van der Waals surface area contributed by atoms with Crippen LogP contribution in [0.4, 0.5) is 5.69 Å². The van der Waals surface area contributed by atoms with Gasteiger partial charge in [0.25, 0.3) is 0 Å². The zero-order valence-corrected chi connectivity index (χ0v) is 10.1. The molecule has 0 aliphatic carbocycles. The maximum absolute atomic E-state index is 5.90. The summed E-state index contributed by atoms with van der Waals surface area (Å²) in [5.74, 6) is 0. The average Bonchev–Trinajstić information content (AvgIpc) is 2.34. The van der Waals surface area contributed by atoms with Crippen molar-refractivity contribution >= 4 is 23.4 Å². The van der Waals surface area contributed by atoms with Gasteiger partial charge in [-0.3, -0.25) is 5.01 Å². The Labute approximate surface area is 102 Å². The number of hydrogen-bond donors (Lipinski definition) is 1. The molecule has 3 nitrogen and oxygen atoms in total. The van der Waals surface area contributed by atoms with Crippen molar-refractivity contribution in [2.24, 2.45) is 5.73 Å². The topological polar surface area (TPSA) is 32.5 Å². The first-order valence-corrected chi connectivity index (χ1v) is 6.08. The minimum Gasteiger partial charge on any atom is -0.328 e. The summed E-state index contributed by atoms with van der Waals surface area (Å²) >= 11 is 5.09. The maximum atomic E-state index is 5.90. The molecule has 0 aromatic heterocycles. The Balaban J connectivity index is 2.08. The van der Waals surface area contributed by atoms with E-state index in [0.717, 1.165) is 31.6 Å². The summed E-state index contributed by atoms with van der Waals surface area (Å²) in [7, 11) is 0. The average molecular weight is 235 g/mol. The van der Waals surface area contributed by atoms with E-state index in [-0.39, 0.29) is 0 Å². The SMILES string of the molecule is NC1CCN(N(C=S)c2ccccc2)CC1. The lowest BCUT2D eigenvalue weighted by molar-refractivity contribution is 0.223. The van der Waals surface area contributed by atoms with E-state index in [0.29, 0.717) is 6.04 Å². The molecule has 0 unspecified atom stereocenters. The standard InChI is InChI=1S/C12H17N3S/c13-11-6-8-14(9-7-11)15(10-16)12-4-2-1-3-5-12/h1-5,10-11H,6-9,13H2. The van der Waals surface area contributed by atoms with Crippen LogP contribution in [0.3, 0.4) is 0 Å². The fourth-order valence-corrected chi connectivity index (χ4v) is 2.23. The Morgan fingerprint density at radius 1 is 1.25 bits per heavy atom. The Morgan fingerprint density at radius 3 is 2.44 bits per heavy atom. The van der Waals surface area contributed by atoms with Crippen LogP contribution in [-0.2, 0) is 0 Å². The number of benzene rings is 1. The molecule has 0 radical (unpaired) electrons. The number of nitrogens with two attached hydrogens (primary N) is 1. The predicted molar refractivity (Wildman–Crippen MR) is 71.4 cm³/mol. The second kappa shape index (κ2) is 5.39. The van der Waals surface area contributed by atoms with Gasteiger partial charge in [0.2, 0.25) is 0 Å². The normalized spacial score (nSPS) is 18.3. The van der Waals surface area contributed by atoms with Crippen LogP contribution in [0.25, 0.3) is 0 Å². The molecule has 1 aromatic carbocycles. The minimum atomic E-state index is 0.346. The number of para-hydroxylation sites is 1. The summed E-state index contributed by atoms with van der Waals surface area (Å²) in [6.07, 6.45) is 2.07. The molecule has 0 amide bonds. The number of hydrazine groups is 1. The Kier molecular flexibility index (Phi) is 3.88. The van der Waals surface area contributed by atoms with E-state index in [9.17, 15) is 0 Å².